The van der Waals surface area contributed by atoms with E-state index in [-0.39, 0.29) is 0 Å². The molecule has 0 bridgehead atoms. The molecular weight excluding hydrogens is 124 g/mol. The van der Waals surface area contributed by atoms with E-state index in [0.29, 0.717) is 12.2 Å². The lowest BCUT2D eigenvalue weighted by atomic mass is 9.86. The Morgan fingerprint density at radius 3 is 2.90 bits per heavy atom. The monoisotopic (exact) mass is 140 g/mol. The van der Waals surface area contributed by atoms with Crippen molar-refractivity contribution in [2.45, 2.75) is 51.2 Å². The van der Waals surface area contributed by atoms with Crippen LogP contribution in [0.5, 0.6) is 0 Å². The molecule has 2 rings (SSSR count). The normalized spacial score (nSPS) is 44.7. The van der Waals surface area contributed by atoms with Gasteiger partial charge in [0.1, 0.15) is 0 Å². The molecule has 10 heavy (non-hydrogen) atoms. The lowest BCUT2D eigenvalue weighted by Gasteiger charge is -2.17. The highest BCUT2D eigenvalue weighted by molar-refractivity contribution is 4.91. The number of fused-ring (bicyclic) bond motifs is 1. The Bertz CT molecular complexity index is 122. The molecule has 0 spiro atoms. The Labute approximate surface area is 62.8 Å². The summed E-state index contributed by atoms with van der Waals surface area (Å²) in [6.07, 6.45) is 8.27. The molecule has 0 N–H and O–H groups in total. The maximum Gasteiger partial charge on any atom is 0.0844 e. The fraction of sp³-hybridized carbons (Fsp3) is 1.00. The van der Waals surface area contributed by atoms with Crippen molar-refractivity contribution in [1.82, 2.24) is 0 Å². The Hall–Kier alpha value is -0.0400. The number of ether oxygens (including phenoxy) is 1. The molecule has 2 fully saturated rings. The smallest absolute Gasteiger partial charge is 0.0844 e. The lowest BCUT2D eigenvalue weighted by molar-refractivity contribution is 0.350. The van der Waals surface area contributed by atoms with Gasteiger partial charge in [-0.25, -0.2) is 0 Å². The fourth-order valence-electron chi connectivity index (χ4n) is 2.16. The molecule has 3 atom stereocenters. The Morgan fingerprint density at radius 1 is 1.30 bits per heavy atom. The summed E-state index contributed by atoms with van der Waals surface area (Å²) < 4.78 is 5.45. The van der Waals surface area contributed by atoms with Crippen molar-refractivity contribution in [3.8, 4) is 0 Å². The molecule has 1 heteroatoms. The second-order valence-corrected chi connectivity index (χ2v) is 3.68. The number of rotatable bonds is 2. The number of hydrogen-bond donors (Lipinski definition) is 0. The average Bonchev–Trinajstić information content (AvgIpc) is 2.66. The van der Waals surface area contributed by atoms with Crippen LogP contribution in [0.4, 0.5) is 0 Å². The summed E-state index contributed by atoms with van der Waals surface area (Å²) in [7, 11) is 0. The third-order valence-corrected chi connectivity index (χ3v) is 2.81. The Kier molecular flexibility index (Phi) is 1.69. The quantitative estimate of drug-likeness (QED) is 0.536. The second kappa shape index (κ2) is 2.54. The zero-order chi connectivity index (χ0) is 6.97. The first-order valence-corrected chi connectivity index (χ1v) is 4.55. The number of hydrogen-bond acceptors (Lipinski definition) is 1. The van der Waals surface area contributed by atoms with E-state index in [1.807, 2.05) is 0 Å². The molecule has 1 heterocycles. The predicted octanol–water partition coefficient (Wildman–Crippen LogP) is 2.35. The number of epoxide rings is 1. The average molecular weight is 140 g/mol. The molecule has 2 aliphatic rings. The van der Waals surface area contributed by atoms with Gasteiger partial charge in [-0.3, -0.25) is 0 Å². The van der Waals surface area contributed by atoms with Crippen molar-refractivity contribution in [1.29, 1.82) is 0 Å². The molecule has 2 unspecified atom stereocenters. The highest BCUT2D eigenvalue weighted by atomic mass is 16.6. The zero-order valence-electron chi connectivity index (χ0n) is 6.68. The van der Waals surface area contributed by atoms with Crippen LogP contribution in [0.3, 0.4) is 0 Å². The molecule has 0 aromatic rings. The second-order valence-electron chi connectivity index (χ2n) is 3.68. The molecule has 58 valence electrons. The van der Waals surface area contributed by atoms with Gasteiger partial charge in [-0.2, -0.15) is 0 Å². The summed E-state index contributed by atoms with van der Waals surface area (Å²) in [5.74, 6) is 0.994. The summed E-state index contributed by atoms with van der Waals surface area (Å²) in [6, 6.07) is 0. The van der Waals surface area contributed by atoms with E-state index in [9.17, 15) is 0 Å². The fourth-order valence-corrected chi connectivity index (χ4v) is 2.16. The Morgan fingerprint density at radius 2 is 2.20 bits per heavy atom. The minimum absolute atomic E-state index is 0.685. The van der Waals surface area contributed by atoms with Crippen molar-refractivity contribution in [2.24, 2.45) is 5.92 Å². The van der Waals surface area contributed by atoms with Crippen molar-refractivity contribution in [3.63, 3.8) is 0 Å². The highest BCUT2D eigenvalue weighted by Gasteiger charge is 2.43. The van der Waals surface area contributed by atoms with Gasteiger partial charge in [0.25, 0.3) is 0 Å². The van der Waals surface area contributed by atoms with Gasteiger partial charge in [0, 0.05) is 0 Å². The molecule has 1 saturated heterocycles. The summed E-state index contributed by atoms with van der Waals surface area (Å²) >= 11 is 0. The van der Waals surface area contributed by atoms with E-state index in [2.05, 4.69) is 6.92 Å². The van der Waals surface area contributed by atoms with Gasteiger partial charge in [-0.15, -0.1) is 0 Å². The molecule has 1 aliphatic carbocycles. The molecule has 1 saturated carbocycles. The van der Waals surface area contributed by atoms with Crippen LogP contribution >= 0.6 is 0 Å². The van der Waals surface area contributed by atoms with E-state index in [4.69, 9.17) is 4.74 Å². The molecule has 0 aromatic heterocycles. The summed E-state index contributed by atoms with van der Waals surface area (Å²) in [5.41, 5.74) is 0. The van der Waals surface area contributed by atoms with E-state index in [1.54, 1.807) is 0 Å². The van der Waals surface area contributed by atoms with Gasteiger partial charge in [0.15, 0.2) is 0 Å². The van der Waals surface area contributed by atoms with Crippen LogP contribution in [-0.4, -0.2) is 12.2 Å². The van der Waals surface area contributed by atoms with Gasteiger partial charge in [0.05, 0.1) is 12.2 Å². The van der Waals surface area contributed by atoms with Crippen molar-refractivity contribution in [3.05, 3.63) is 0 Å². The van der Waals surface area contributed by atoms with Crippen LogP contribution in [0.1, 0.15) is 39.0 Å². The first-order valence-electron chi connectivity index (χ1n) is 4.55. The van der Waals surface area contributed by atoms with Crippen molar-refractivity contribution >= 4 is 0 Å². The van der Waals surface area contributed by atoms with Gasteiger partial charge in [-0.05, 0) is 25.2 Å². The molecule has 0 aromatic carbocycles. The third kappa shape index (κ3) is 1.20. The van der Waals surface area contributed by atoms with Crippen LogP contribution in [0.2, 0.25) is 0 Å². The van der Waals surface area contributed by atoms with Crippen molar-refractivity contribution in [2.75, 3.05) is 0 Å². The summed E-state index contributed by atoms with van der Waals surface area (Å²) in [5, 5.41) is 0. The maximum atomic E-state index is 5.45. The standard InChI is InChI=1S/C9H16O/c1-2-3-7-4-5-8-9(6-7)10-8/h7-9H,2-6H2,1H3/t7?,8?,9-/m1/s1. The highest BCUT2D eigenvalue weighted by Crippen LogP contribution is 2.40. The summed E-state index contributed by atoms with van der Waals surface area (Å²) in [4.78, 5) is 0. The predicted molar refractivity (Wildman–Crippen MR) is 40.9 cm³/mol. The first-order chi connectivity index (χ1) is 4.90. The van der Waals surface area contributed by atoms with Gasteiger partial charge < -0.3 is 4.74 Å². The van der Waals surface area contributed by atoms with Crippen LogP contribution in [0, 0.1) is 5.92 Å². The van der Waals surface area contributed by atoms with Crippen LogP contribution in [0.15, 0.2) is 0 Å². The van der Waals surface area contributed by atoms with Gasteiger partial charge in [0.2, 0.25) is 0 Å². The van der Waals surface area contributed by atoms with E-state index < -0.39 is 0 Å². The molecule has 1 nitrogen and oxygen atoms in total. The lowest BCUT2D eigenvalue weighted by Crippen LogP contribution is -2.12. The Balaban J connectivity index is 1.77. The molecule has 1 aliphatic heterocycles. The van der Waals surface area contributed by atoms with Gasteiger partial charge >= 0.3 is 0 Å². The van der Waals surface area contributed by atoms with E-state index in [0.717, 1.165) is 5.92 Å². The zero-order valence-corrected chi connectivity index (χ0v) is 6.68. The van der Waals surface area contributed by atoms with E-state index in [1.165, 1.54) is 32.1 Å². The molecular formula is C9H16O. The summed E-state index contributed by atoms with van der Waals surface area (Å²) in [6.45, 7) is 2.28. The van der Waals surface area contributed by atoms with Crippen LogP contribution in [0.25, 0.3) is 0 Å². The topological polar surface area (TPSA) is 12.5 Å². The van der Waals surface area contributed by atoms with Crippen LogP contribution < -0.4 is 0 Å². The first kappa shape index (κ1) is 6.66. The maximum absolute atomic E-state index is 5.45. The minimum Gasteiger partial charge on any atom is -0.370 e. The van der Waals surface area contributed by atoms with Crippen LogP contribution in [-0.2, 0) is 4.74 Å². The SMILES string of the molecule is CCCC1CCC2O[C@@H]2C1. The van der Waals surface area contributed by atoms with Crippen molar-refractivity contribution < 1.29 is 4.74 Å². The van der Waals surface area contributed by atoms with Gasteiger partial charge in [-0.1, -0.05) is 19.8 Å². The minimum atomic E-state index is 0.685. The third-order valence-electron chi connectivity index (χ3n) is 2.81. The molecule has 0 radical (unpaired) electrons. The largest absolute Gasteiger partial charge is 0.370 e. The molecule has 0 amide bonds. The van der Waals surface area contributed by atoms with E-state index >= 15 is 0 Å².